The Morgan fingerprint density at radius 2 is 1.04 bits per heavy atom. The molecule has 0 aromatic heterocycles. The minimum absolute atomic E-state index is 0.142. The number of piperidine rings is 2. The summed E-state index contributed by atoms with van der Waals surface area (Å²) in [4.78, 5) is 4.91. The molecule has 0 aliphatic carbocycles. The van der Waals surface area contributed by atoms with E-state index in [1.807, 2.05) is 0 Å². The number of aliphatic hydroxyl groups is 1. The van der Waals surface area contributed by atoms with E-state index in [0.717, 1.165) is 26.2 Å². The molecule has 2 bridgehead atoms. The van der Waals surface area contributed by atoms with Crippen LogP contribution in [0.5, 0.6) is 0 Å². The maximum Gasteiger partial charge on any atom is 0.0715 e. The Labute approximate surface area is 144 Å². The van der Waals surface area contributed by atoms with Crippen molar-refractivity contribution < 1.29 is 5.11 Å². The molecular formula is C21H26N2O. The van der Waals surface area contributed by atoms with E-state index in [1.54, 1.807) is 0 Å². The standard InChI is InChI=1S/C21H26N2O/c1-20-13-22(17-9-5-3-6-10-17)15-21(2,19(20)24)16-23(14-20)18-11-7-4-8-12-18/h3-12,19,24H,13-16H2,1-2H3. The van der Waals surface area contributed by atoms with E-state index in [4.69, 9.17) is 0 Å². The van der Waals surface area contributed by atoms with E-state index in [0.29, 0.717) is 0 Å². The van der Waals surface area contributed by atoms with Crippen LogP contribution in [0.2, 0.25) is 0 Å². The normalized spacial score (nSPS) is 32.7. The predicted molar refractivity (Wildman–Crippen MR) is 99.5 cm³/mol. The van der Waals surface area contributed by atoms with Gasteiger partial charge in [0.05, 0.1) is 6.10 Å². The lowest BCUT2D eigenvalue weighted by Crippen LogP contribution is -2.70. The van der Waals surface area contributed by atoms with Crippen LogP contribution in [0.25, 0.3) is 0 Å². The topological polar surface area (TPSA) is 26.7 Å². The fourth-order valence-electron chi connectivity index (χ4n) is 4.79. The highest BCUT2D eigenvalue weighted by atomic mass is 16.3. The Balaban J connectivity index is 1.67. The molecule has 24 heavy (non-hydrogen) atoms. The van der Waals surface area contributed by atoms with E-state index in [9.17, 15) is 5.11 Å². The van der Waals surface area contributed by atoms with Gasteiger partial charge >= 0.3 is 0 Å². The molecule has 2 heterocycles. The van der Waals surface area contributed by atoms with Gasteiger partial charge < -0.3 is 14.9 Å². The average molecular weight is 322 g/mol. The van der Waals surface area contributed by atoms with E-state index in [1.165, 1.54) is 11.4 Å². The van der Waals surface area contributed by atoms with Crippen LogP contribution in [-0.4, -0.2) is 37.4 Å². The van der Waals surface area contributed by atoms with Crippen LogP contribution < -0.4 is 9.80 Å². The Kier molecular flexibility index (Phi) is 3.57. The van der Waals surface area contributed by atoms with Crippen molar-refractivity contribution in [1.82, 2.24) is 0 Å². The number of aliphatic hydroxyl groups excluding tert-OH is 1. The van der Waals surface area contributed by atoms with Gasteiger partial charge in [-0.15, -0.1) is 0 Å². The van der Waals surface area contributed by atoms with Gasteiger partial charge in [-0.1, -0.05) is 50.2 Å². The third-order valence-corrected chi connectivity index (χ3v) is 5.77. The van der Waals surface area contributed by atoms with Crippen molar-refractivity contribution in [3.63, 3.8) is 0 Å². The van der Waals surface area contributed by atoms with Gasteiger partial charge in [-0.3, -0.25) is 0 Å². The Bertz CT molecular complexity index is 627. The molecule has 0 amide bonds. The highest BCUT2D eigenvalue weighted by Crippen LogP contribution is 2.47. The van der Waals surface area contributed by atoms with Gasteiger partial charge in [-0.2, -0.15) is 0 Å². The van der Waals surface area contributed by atoms with Crippen molar-refractivity contribution in [2.45, 2.75) is 20.0 Å². The van der Waals surface area contributed by atoms with Gasteiger partial charge in [-0.25, -0.2) is 0 Å². The van der Waals surface area contributed by atoms with Crippen LogP contribution in [-0.2, 0) is 0 Å². The molecule has 2 aliphatic rings. The maximum atomic E-state index is 11.1. The SMILES string of the molecule is CC12CN(c3ccccc3)CC(C)(CN(c3ccccc3)C1)C2O. The fraction of sp³-hybridized carbons (Fsp3) is 0.429. The highest BCUT2D eigenvalue weighted by molar-refractivity contribution is 5.52. The van der Waals surface area contributed by atoms with Crippen LogP contribution in [0.4, 0.5) is 11.4 Å². The third-order valence-electron chi connectivity index (χ3n) is 5.77. The number of benzene rings is 2. The van der Waals surface area contributed by atoms with Crippen molar-refractivity contribution in [3.05, 3.63) is 60.7 Å². The first-order valence-corrected chi connectivity index (χ1v) is 8.78. The van der Waals surface area contributed by atoms with Crippen LogP contribution in [0.15, 0.2) is 60.7 Å². The first kappa shape index (κ1) is 15.5. The van der Waals surface area contributed by atoms with E-state index < -0.39 is 0 Å². The molecule has 4 rings (SSSR count). The predicted octanol–water partition coefficient (Wildman–Crippen LogP) is 3.40. The summed E-state index contributed by atoms with van der Waals surface area (Å²) in [6.07, 6.45) is -0.273. The van der Waals surface area contributed by atoms with Gasteiger partial charge in [0, 0.05) is 48.4 Å². The third kappa shape index (κ3) is 2.48. The summed E-state index contributed by atoms with van der Waals surface area (Å²) in [6.45, 7) is 8.02. The summed E-state index contributed by atoms with van der Waals surface area (Å²) in [5.41, 5.74) is 2.23. The van der Waals surface area contributed by atoms with E-state index in [-0.39, 0.29) is 16.9 Å². The molecule has 2 saturated heterocycles. The summed E-state index contributed by atoms with van der Waals surface area (Å²) in [5, 5.41) is 11.1. The van der Waals surface area contributed by atoms with Gasteiger partial charge in [-0.05, 0) is 24.3 Å². The first-order valence-electron chi connectivity index (χ1n) is 8.78. The molecule has 126 valence electrons. The van der Waals surface area contributed by atoms with Crippen molar-refractivity contribution in [1.29, 1.82) is 0 Å². The Morgan fingerprint density at radius 1 is 0.708 bits per heavy atom. The zero-order valence-corrected chi connectivity index (χ0v) is 14.5. The molecule has 0 saturated carbocycles. The smallest absolute Gasteiger partial charge is 0.0715 e. The summed E-state index contributed by atoms with van der Waals surface area (Å²) in [6, 6.07) is 21.2. The van der Waals surface area contributed by atoms with Crippen LogP contribution in [0, 0.1) is 10.8 Å². The first-order chi connectivity index (χ1) is 11.5. The van der Waals surface area contributed by atoms with Crippen molar-refractivity contribution in [2.24, 2.45) is 10.8 Å². The summed E-state index contributed by atoms with van der Waals surface area (Å²) in [7, 11) is 0. The van der Waals surface area contributed by atoms with Gasteiger partial charge in [0.15, 0.2) is 0 Å². The molecule has 2 aliphatic heterocycles. The van der Waals surface area contributed by atoms with Gasteiger partial charge in [0.1, 0.15) is 0 Å². The number of hydrogen-bond donors (Lipinski definition) is 1. The Morgan fingerprint density at radius 3 is 1.38 bits per heavy atom. The van der Waals surface area contributed by atoms with Crippen LogP contribution >= 0.6 is 0 Å². The molecule has 3 nitrogen and oxygen atoms in total. The molecule has 0 spiro atoms. The zero-order chi connectivity index (χ0) is 16.8. The molecule has 0 radical (unpaired) electrons. The molecule has 1 N–H and O–H groups in total. The van der Waals surface area contributed by atoms with Gasteiger partial charge in [0.2, 0.25) is 0 Å². The fourth-order valence-corrected chi connectivity index (χ4v) is 4.79. The summed E-state index contributed by atoms with van der Waals surface area (Å²) >= 11 is 0. The summed E-state index contributed by atoms with van der Waals surface area (Å²) in [5.74, 6) is 0. The largest absolute Gasteiger partial charge is 0.392 e. The highest BCUT2D eigenvalue weighted by Gasteiger charge is 2.55. The van der Waals surface area contributed by atoms with E-state index in [2.05, 4.69) is 84.3 Å². The van der Waals surface area contributed by atoms with Crippen LogP contribution in [0.1, 0.15) is 13.8 Å². The van der Waals surface area contributed by atoms with Crippen molar-refractivity contribution in [2.75, 3.05) is 36.0 Å². The monoisotopic (exact) mass is 322 g/mol. The molecule has 0 unspecified atom stereocenters. The quantitative estimate of drug-likeness (QED) is 0.918. The van der Waals surface area contributed by atoms with Crippen LogP contribution in [0.3, 0.4) is 0 Å². The van der Waals surface area contributed by atoms with Crippen molar-refractivity contribution in [3.8, 4) is 0 Å². The maximum absolute atomic E-state index is 11.1. The number of para-hydroxylation sites is 2. The lowest BCUT2D eigenvalue weighted by molar-refractivity contribution is -0.0825. The summed E-state index contributed by atoms with van der Waals surface area (Å²) < 4.78 is 0. The molecule has 3 heteroatoms. The Hall–Kier alpha value is -2.00. The molecular weight excluding hydrogens is 296 g/mol. The number of rotatable bonds is 2. The number of fused-ring (bicyclic) bond motifs is 2. The minimum atomic E-state index is -0.273. The minimum Gasteiger partial charge on any atom is -0.392 e. The number of hydrogen-bond acceptors (Lipinski definition) is 3. The van der Waals surface area contributed by atoms with Gasteiger partial charge in [0.25, 0.3) is 0 Å². The lowest BCUT2D eigenvalue weighted by Gasteiger charge is -2.60. The average Bonchev–Trinajstić information content (AvgIpc) is 2.59. The zero-order valence-electron chi connectivity index (χ0n) is 14.5. The molecule has 2 fully saturated rings. The second kappa shape index (κ2) is 5.52. The second-order valence-electron chi connectivity index (χ2n) is 8.09. The van der Waals surface area contributed by atoms with E-state index >= 15 is 0 Å². The van der Waals surface area contributed by atoms with Crippen molar-refractivity contribution >= 4 is 11.4 Å². The number of anilines is 2. The second-order valence-corrected chi connectivity index (χ2v) is 8.09. The lowest BCUT2D eigenvalue weighted by atomic mass is 9.62. The molecule has 0 atom stereocenters. The molecule has 2 aromatic carbocycles. The number of nitrogens with zero attached hydrogens (tertiary/aromatic N) is 2. The molecule has 2 aromatic rings.